The zero-order valence-corrected chi connectivity index (χ0v) is 4.52. The van der Waals surface area contributed by atoms with Crippen molar-refractivity contribution in [1.29, 1.82) is 0 Å². The molecule has 0 unspecified atom stereocenters. The first kappa shape index (κ1) is 8.15. The summed E-state index contributed by atoms with van der Waals surface area (Å²) >= 11 is 5.54. The summed E-state index contributed by atoms with van der Waals surface area (Å²) in [6.07, 6.45) is 0. The van der Waals surface area contributed by atoms with E-state index < -0.39 is 0 Å². The number of hydrogen-bond acceptors (Lipinski definition) is 0. The minimum absolute atomic E-state index is 0. The van der Waals surface area contributed by atoms with Gasteiger partial charge in [-0.2, -0.15) is 0 Å². The van der Waals surface area contributed by atoms with Crippen molar-refractivity contribution in [3.8, 4) is 0 Å². The molecule has 0 saturated carbocycles. The molecule has 0 aliphatic rings. The van der Waals surface area contributed by atoms with E-state index in [1.54, 1.807) is 0 Å². The van der Waals surface area contributed by atoms with E-state index in [4.69, 9.17) is 11.6 Å². The van der Waals surface area contributed by atoms with Gasteiger partial charge in [0.05, 0.1) is 0 Å². The van der Waals surface area contributed by atoms with Gasteiger partial charge in [-0.15, -0.1) is 0 Å². The fourth-order valence-corrected chi connectivity index (χ4v) is 0.560. The van der Waals surface area contributed by atoms with Gasteiger partial charge in [0.2, 0.25) is 0 Å². The van der Waals surface area contributed by atoms with Crippen LogP contribution in [0.25, 0.3) is 0 Å². The van der Waals surface area contributed by atoms with Gasteiger partial charge < -0.3 is 0 Å². The molecule has 0 fully saturated rings. The maximum atomic E-state index is 5.54. The Bertz CT molecular complexity index is 138. The average Bonchev–Trinajstić information content (AvgIpc) is 1.69. The van der Waals surface area contributed by atoms with Crippen LogP contribution in [0.1, 0.15) is 0 Å². The summed E-state index contributed by atoms with van der Waals surface area (Å²) in [4.78, 5) is 0. The minimum atomic E-state index is 0. The van der Waals surface area contributed by atoms with Crippen LogP contribution in [0.3, 0.4) is 0 Å². The fraction of sp³-hybridized carbons (Fsp3) is 0. The molecule has 0 radical (unpaired) electrons. The molecular formula is C6H8ClGa. The predicted molar refractivity (Wildman–Crippen MR) is 41.4 cm³/mol. The van der Waals surface area contributed by atoms with Gasteiger partial charge in [0.1, 0.15) is 0 Å². The second-order valence-electron chi connectivity index (χ2n) is 1.30. The third-order valence-electron chi connectivity index (χ3n) is 0.733. The van der Waals surface area contributed by atoms with Crippen molar-refractivity contribution < 1.29 is 0 Å². The standard InChI is InChI=1S/C6H5Cl.Ga.3H/c7-6-4-2-1-3-5-6;;;;/h1-5H;;;;. The molecule has 1 rings (SSSR count). The van der Waals surface area contributed by atoms with E-state index in [9.17, 15) is 0 Å². The molecule has 1 aromatic rings. The van der Waals surface area contributed by atoms with Crippen LogP contribution < -0.4 is 0 Å². The molecular weight excluding hydrogens is 177 g/mol. The number of rotatable bonds is 0. The first-order chi connectivity index (χ1) is 3.39. The van der Waals surface area contributed by atoms with Gasteiger partial charge in [-0.3, -0.25) is 0 Å². The molecule has 0 spiro atoms. The molecule has 0 aliphatic carbocycles. The Balaban J connectivity index is 0.000000490. The normalized spacial score (nSPS) is 7.62. The van der Waals surface area contributed by atoms with Gasteiger partial charge in [0.25, 0.3) is 0 Å². The fourth-order valence-electron chi connectivity index (χ4n) is 0.415. The van der Waals surface area contributed by atoms with Gasteiger partial charge >= 0.3 is 19.8 Å². The van der Waals surface area contributed by atoms with Crippen molar-refractivity contribution in [3.63, 3.8) is 0 Å². The van der Waals surface area contributed by atoms with E-state index >= 15 is 0 Å². The number of halogens is 1. The monoisotopic (exact) mass is 184 g/mol. The second kappa shape index (κ2) is 4.07. The van der Waals surface area contributed by atoms with Gasteiger partial charge in [-0.1, -0.05) is 29.8 Å². The zero-order chi connectivity index (χ0) is 5.11. The van der Waals surface area contributed by atoms with Crippen LogP contribution in [0.4, 0.5) is 0 Å². The van der Waals surface area contributed by atoms with Gasteiger partial charge in [0, 0.05) is 5.02 Å². The summed E-state index contributed by atoms with van der Waals surface area (Å²) in [7, 11) is 0. The Kier molecular flexibility index (Phi) is 4.14. The number of benzene rings is 1. The van der Waals surface area contributed by atoms with E-state index in [-0.39, 0.29) is 19.8 Å². The molecule has 42 valence electrons. The summed E-state index contributed by atoms with van der Waals surface area (Å²) in [5.74, 6) is 0. The summed E-state index contributed by atoms with van der Waals surface area (Å²) in [6, 6.07) is 9.44. The molecule has 2 heteroatoms. The third-order valence-corrected chi connectivity index (χ3v) is 0.985. The molecule has 0 aliphatic heterocycles. The SMILES string of the molecule is Clc1ccccc1.[GaH3]. The quantitative estimate of drug-likeness (QED) is 0.532. The van der Waals surface area contributed by atoms with Crippen LogP contribution in [0.5, 0.6) is 0 Å². The molecule has 0 saturated heterocycles. The van der Waals surface area contributed by atoms with Crippen LogP contribution in [0, 0.1) is 0 Å². The summed E-state index contributed by atoms with van der Waals surface area (Å²) < 4.78 is 0. The third kappa shape index (κ3) is 2.45. The van der Waals surface area contributed by atoms with Crippen molar-refractivity contribution in [1.82, 2.24) is 0 Å². The maximum absolute atomic E-state index is 5.54. The van der Waals surface area contributed by atoms with E-state index in [1.807, 2.05) is 30.3 Å². The summed E-state index contributed by atoms with van der Waals surface area (Å²) in [5, 5.41) is 0.794. The van der Waals surface area contributed by atoms with Crippen molar-refractivity contribution in [2.24, 2.45) is 0 Å². The molecule has 0 atom stereocenters. The van der Waals surface area contributed by atoms with Crippen LogP contribution in [0.2, 0.25) is 5.02 Å². The molecule has 0 heterocycles. The molecule has 8 heavy (non-hydrogen) atoms. The first-order valence-corrected chi connectivity index (χ1v) is 2.48. The van der Waals surface area contributed by atoms with Crippen molar-refractivity contribution in [3.05, 3.63) is 35.4 Å². The van der Waals surface area contributed by atoms with E-state index in [0.717, 1.165) is 5.02 Å². The molecule has 1 aromatic carbocycles. The Morgan fingerprint density at radius 1 is 1.00 bits per heavy atom. The second-order valence-corrected chi connectivity index (χ2v) is 1.73. The molecule has 0 N–H and O–H groups in total. The topological polar surface area (TPSA) is 0 Å². The van der Waals surface area contributed by atoms with Gasteiger partial charge in [-0.05, 0) is 12.1 Å². The Hall–Kier alpha value is 0.146. The number of hydrogen-bond donors (Lipinski definition) is 0. The molecule has 0 amide bonds. The van der Waals surface area contributed by atoms with E-state index in [1.165, 1.54) is 0 Å². The summed E-state index contributed by atoms with van der Waals surface area (Å²) in [5.41, 5.74) is 0. The average molecular weight is 185 g/mol. The molecule has 0 bridgehead atoms. The first-order valence-electron chi connectivity index (χ1n) is 2.10. The van der Waals surface area contributed by atoms with Crippen LogP contribution >= 0.6 is 11.6 Å². The van der Waals surface area contributed by atoms with E-state index in [0.29, 0.717) is 0 Å². The van der Waals surface area contributed by atoms with Crippen molar-refractivity contribution >= 4 is 31.4 Å². The van der Waals surface area contributed by atoms with Crippen LogP contribution in [-0.2, 0) is 0 Å². The van der Waals surface area contributed by atoms with Gasteiger partial charge in [0.15, 0.2) is 0 Å². The predicted octanol–water partition coefficient (Wildman–Crippen LogP) is 1.16. The van der Waals surface area contributed by atoms with Crippen LogP contribution in [-0.4, -0.2) is 19.8 Å². The van der Waals surface area contributed by atoms with Crippen molar-refractivity contribution in [2.75, 3.05) is 0 Å². The summed E-state index contributed by atoms with van der Waals surface area (Å²) in [6.45, 7) is 0. The van der Waals surface area contributed by atoms with Crippen LogP contribution in [0.15, 0.2) is 30.3 Å². The molecule has 0 aromatic heterocycles. The molecule has 0 nitrogen and oxygen atoms in total. The van der Waals surface area contributed by atoms with E-state index in [2.05, 4.69) is 0 Å². The van der Waals surface area contributed by atoms with Crippen molar-refractivity contribution in [2.45, 2.75) is 0 Å². The Labute approximate surface area is 66.9 Å². The zero-order valence-electron chi connectivity index (χ0n) is 3.76. The van der Waals surface area contributed by atoms with Gasteiger partial charge in [-0.25, -0.2) is 0 Å². The Morgan fingerprint density at radius 2 is 1.50 bits per heavy atom. The Morgan fingerprint density at radius 3 is 1.75 bits per heavy atom.